The van der Waals surface area contributed by atoms with Crippen molar-refractivity contribution >= 4 is 33.3 Å². The van der Waals surface area contributed by atoms with Gasteiger partial charge >= 0.3 is 5.97 Å². The van der Waals surface area contributed by atoms with E-state index in [2.05, 4.69) is 131 Å². The Labute approximate surface area is 368 Å². The van der Waals surface area contributed by atoms with Gasteiger partial charge in [0, 0.05) is 72.8 Å². The van der Waals surface area contributed by atoms with Gasteiger partial charge in [0.15, 0.2) is 5.78 Å². The van der Waals surface area contributed by atoms with Gasteiger partial charge in [-0.25, -0.2) is 4.79 Å². The second kappa shape index (κ2) is 19.8. The fourth-order valence-electron chi connectivity index (χ4n) is 8.00. The molecule has 0 radical (unpaired) electrons. The van der Waals surface area contributed by atoms with Crippen molar-refractivity contribution < 1.29 is 14.3 Å². The number of esters is 1. The van der Waals surface area contributed by atoms with Crippen molar-refractivity contribution in [1.82, 2.24) is 19.9 Å². The summed E-state index contributed by atoms with van der Waals surface area (Å²) in [5.41, 5.74) is 13.4. The Hall–Kier alpha value is -7.64. The molecule has 0 saturated heterocycles. The molecular weight excluding hydrogens is 777 g/mol. The molecule has 0 aliphatic rings. The Morgan fingerprint density at radius 3 is 1.52 bits per heavy atom. The van der Waals surface area contributed by atoms with Gasteiger partial charge in [-0.05, 0) is 124 Å². The summed E-state index contributed by atoms with van der Waals surface area (Å²) in [4.78, 5) is 42.7. The average molecular weight is 825 g/mol. The number of aryl methyl sites for hydroxylation is 3. The molecule has 0 aliphatic heterocycles. The van der Waals surface area contributed by atoms with Crippen LogP contribution in [-0.4, -0.2) is 38.3 Å². The van der Waals surface area contributed by atoms with Crippen LogP contribution < -0.4 is 0 Å². The van der Waals surface area contributed by atoms with Crippen LogP contribution in [0, 0.1) is 13.8 Å². The van der Waals surface area contributed by atoms with Crippen LogP contribution in [0.15, 0.2) is 177 Å². The van der Waals surface area contributed by atoms with Crippen molar-refractivity contribution in [1.29, 1.82) is 0 Å². The number of fused-ring (bicyclic) bond motifs is 2. The summed E-state index contributed by atoms with van der Waals surface area (Å²) in [6.07, 6.45) is 13.4. The highest BCUT2D eigenvalue weighted by Gasteiger charge is 2.16. The number of benzene rings is 5. The minimum absolute atomic E-state index is 0.142. The number of carbonyl (C=O) groups is 2. The predicted molar refractivity (Wildman–Crippen MR) is 253 cm³/mol. The molecule has 0 amide bonds. The largest absolute Gasteiger partial charge is 0.462 e. The number of carbonyl (C=O) groups excluding carboxylic acids is 2. The third-order valence-corrected chi connectivity index (χ3v) is 11.4. The van der Waals surface area contributed by atoms with E-state index < -0.39 is 0 Å². The molecule has 63 heavy (non-hydrogen) atoms. The van der Waals surface area contributed by atoms with E-state index >= 15 is 0 Å². The lowest BCUT2D eigenvalue weighted by atomic mass is 9.95. The minimum atomic E-state index is -0.327. The van der Waals surface area contributed by atoms with E-state index in [9.17, 15) is 9.59 Å². The second-order valence-corrected chi connectivity index (χ2v) is 15.6. The summed E-state index contributed by atoms with van der Waals surface area (Å²) in [5.74, 6) is -0.185. The lowest BCUT2D eigenvalue weighted by molar-refractivity contribution is 0.0524. The maximum atomic E-state index is 13.0. The van der Waals surface area contributed by atoms with Gasteiger partial charge in [0.05, 0.1) is 23.6 Å². The lowest BCUT2D eigenvalue weighted by Crippen LogP contribution is -2.09. The van der Waals surface area contributed by atoms with Gasteiger partial charge in [0.2, 0.25) is 0 Å². The second-order valence-electron chi connectivity index (χ2n) is 15.6. The average Bonchev–Trinajstić information content (AvgIpc) is 3.33. The third kappa shape index (κ3) is 9.95. The molecule has 7 heteroatoms. The van der Waals surface area contributed by atoms with Crippen LogP contribution in [0.3, 0.4) is 0 Å². The lowest BCUT2D eigenvalue weighted by Gasteiger charge is -2.11. The van der Waals surface area contributed by atoms with Gasteiger partial charge in [-0.2, -0.15) is 0 Å². The van der Waals surface area contributed by atoms with Crippen LogP contribution >= 0.6 is 0 Å². The van der Waals surface area contributed by atoms with E-state index in [1.165, 1.54) is 54.9 Å². The molecule has 0 spiro atoms. The highest BCUT2D eigenvalue weighted by molar-refractivity contribution is 5.99. The van der Waals surface area contributed by atoms with Gasteiger partial charge in [0.1, 0.15) is 0 Å². The monoisotopic (exact) mass is 824 g/mol. The first kappa shape index (κ1) is 42.1. The quantitative estimate of drug-likeness (QED) is 0.0894. The molecule has 5 aromatic carbocycles. The molecule has 9 rings (SSSR count). The van der Waals surface area contributed by atoms with Crippen molar-refractivity contribution in [3.05, 3.63) is 227 Å². The Morgan fingerprint density at radius 1 is 0.492 bits per heavy atom. The maximum Gasteiger partial charge on any atom is 0.339 e. The molecule has 0 unspecified atom stereocenters. The number of hydrogen-bond donors (Lipinski definition) is 0. The molecule has 0 saturated carbocycles. The zero-order valence-corrected chi connectivity index (χ0v) is 35.8. The highest BCUT2D eigenvalue weighted by Crippen LogP contribution is 2.32. The molecule has 9 aromatic rings. The summed E-state index contributed by atoms with van der Waals surface area (Å²) in [6, 6.07) is 47.1. The molecular formula is C56H48N4O3. The van der Waals surface area contributed by atoms with Gasteiger partial charge in [0.25, 0.3) is 0 Å². The van der Waals surface area contributed by atoms with E-state index in [1.54, 1.807) is 31.5 Å². The third-order valence-electron chi connectivity index (χ3n) is 11.4. The molecule has 0 bridgehead atoms. The summed E-state index contributed by atoms with van der Waals surface area (Å²) in [7, 11) is 0. The number of rotatable bonds is 12. The smallest absolute Gasteiger partial charge is 0.339 e. The summed E-state index contributed by atoms with van der Waals surface area (Å²) >= 11 is 0. The Kier molecular flexibility index (Phi) is 13.2. The Morgan fingerprint density at radius 2 is 1.00 bits per heavy atom. The van der Waals surface area contributed by atoms with Crippen LogP contribution in [-0.2, 0) is 24.0 Å². The van der Waals surface area contributed by atoms with E-state index in [4.69, 9.17) is 4.74 Å². The molecule has 7 nitrogen and oxygen atoms in total. The zero-order chi connectivity index (χ0) is 43.5. The van der Waals surface area contributed by atoms with Crippen LogP contribution in [0.4, 0.5) is 0 Å². The molecule has 0 atom stereocenters. The molecule has 4 aromatic heterocycles. The topological polar surface area (TPSA) is 94.9 Å². The number of aromatic nitrogens is 4. The number of Topliss-reactive ketones (excluding diaryl/α,β-unsaturated/α-hetero) is 1. The minimum Gasteiger partial charge on any atom is -0.462 e. The summed E-state index contributed by atoms with van der Waals surface area (Å²) in [5, 5.41) is 4.75. The first-order chi connectivity index (χ1) is 30.9. The van der Waals surface area contributed by atoms with Crippen LogP contribution in [0.1, 0.15) is 73.3 Å². The van der Waals surface area contributed by atoms with Crippen LogP contribution in [0.5, 0.6) is 0 Å². The van der Waals surface area contributed by atoms with Gasteiger partial charge < -0.3 is 4.74 Å². The van der Waals surface area contributed by atoms with Crippen molar-refractivity contribution in [2.45, 2.75) is 46.5 Å². The Balaban J connectivity index is 0.000000175. The van der Waals surface area contributed by atoms with Gasteiger partial charge in [-0.3, -0.25) is 24.7 Å². The normalized spacial score (nSPS) is 10.9. The van der Waals surface area contributed by atoms with Crippen LogP contribution in [0.25, 0.3) is 43.8 Å². The first-order valence-electron chi connectivity index (χ1n) is 21.3. The van der Waals surface area contributed by atoms with Gasteiger partial charge in [-0.15, -0.1) is 0 Å². The zero-order valence-electron chi connectivity index (χ0n) is 35.8. The number of nitrogens with zero attached hydrogens (tertiary/aromatic N) is 4. The van der Waals surface area contributed by atoms with Crippen molar-refractivity contribution in [2.75, 3.05) is 6.61 Å². The van der Waals surface area contributed by atoms with E-state index in [1.807, 2.05) is 55.1 Å². The fraction of sp³-hybridized carbons (Fsp3) is 0.143. The van der Waals surface area contributed by atoms with E-state index in [0.29, 0.717) is 31.4 Å². The molecule has 0 fully saturated rings. The number of ketones is 1. The van der Waals surface area contributed by atoms with Gasteiger partial charge in [-0.1, -0.05) is 103 Å². The standard InChI is InChI=1S/C31H26N2O.C25H22N2O2/c1-22-9-15-26(27-17-19-32-21-29(22)27)25-13-10-24(11-14-25)20-30-28(8-5-18-33-30)31(34)16-12-23-6-3-2-4-7-23;1-3-29-25(28)22-5-4-13-27-24(22)15-18-7-9-19(10-8-18)20-11-6-17(2)23-16-26-14-12-21(20)23/h2-11,13-15,17-19,21H,12,16,20H2,1H3;4-14,16H,3,15H2,1-2H3. The molecule has 0 N–H and O–H groups in total. The Bertz CT molecular complexity index is 3020. The van der Waals surface area contributed by atoms with Crippen molar-refractivity contribution in [3.63, 3.8) is 0 Å². The van der Waals surface area contributed by atoms with E-state index in [-0.39, 0.29) is 11.8 Å². The number of hydrogen-bond acceptors (Lipinski definition) is 7. The van der Waals surface area contributed by atoms with E-state index in [0.717, 1.165) is 40.1 Å². The highest BCUT2D eigenvalue weighted by atomic mass is 16.5. The van der Waals surface area contributed by atoms with Crippen LogP contribution in [0.2, 0.25) is 0 Å². The fourth-order valence-corrected chi connectivity index (χ4v) is 8.00. The van der Waals surface area contributed by atoms with Crippen molar-refractivity contribution in [3.8, 4) is 22.3 Å². The first-order valence-corrected chi connectivity index (χ1v) is 21.3. The summed E-state index contributed by atoms with van der Waals surface area (Å²) in [6.45, 7) is 6.37. The SMILES string of the molecule is CCOC(=O)c1cccnc1Cc1ccc(-c2ccc(C)c3cnccc23)cc1.Cc1ccc(-c2ccc(Cc3ncccc3C(=O)CCc3ccccc3)cc2)c2ccncc12. The summed E-state index contributed by atoms with van der Waals surface area (Å²) < 4.78 is 5.15. The maximum absolute atomic E-state index is 13.0. The molecule has 310 valence electrons. The molecule has 0 aliphatic carbocycles. The number of ether oxygens (including phenoxy) is 1. The predicted octanol–water partition coefficient (Wildman–Crippen LogP) is 12.4. The number of pyridine rings is 4. The van der Waals surface area contributed by atoms with Crippen molar-refractivity contribution in [2.24, 2.45) is 0 Å². The molecule has 4 heterocycles.